The molecule has 0 spiro atoms. The number of esters is 1. The quantitative estimate of drug-likeness (QED) is 0.566. The average molecular weight is 275 g/mol. The summed E-state index contributed by atoms with van der Waals surface area (Å²) in [6, 6.07) is 3.38. The summed E-state index contributed by atoms with van der Waals surface area (Å²) in [6.45, 7) is 8.90. The molecule has 0 aliphatic heterocycles. The van der Waals surface area contributed by atoms with Gasteiger partial charge < -0.3 is 4.74 Å². The Hall–Kier alpha value is -1.97. The number of allylic oxidation sites excluding steroid dienone is 1. The first-order valence-corrected chi connectivity index (χ1v) is 6.63. The maximum Gasteiger partial charge on any atom is 0.340 e. The van der Waals surface area contributed by atoms with Gasteiger partial charge in [0, 0.05) is 19.0 Å². The minimum Gasteiger partial charge on any atom is -0.456 e. The molecule has 4 heteroatoms. The van der Waals surface area contributed by atoms with Gasteiger partial charge in [-0.15, -0.1) is 6.58 Å². The Morgan fingerprint density at radius 3 is 2.75 bits per heavy atom. The second kappa shape index (κ2) is 6.98. The van der Waals surface area contributed by atoms with Crippen molar-refractivity contribution in [3.63, 3.8) is 0 Å². The molecule has 0 saturated carbocycles. The first-order chi connectivity index (χ1) is 9.35. The highest BCUT2D eigenvalue weighted by atomic mass is 16.6. The van der Waals surface area contributed by atoms with Gasteiger partial charge in [0.25, 0.3) is 0 Å². The van der Waals surface area contributed by atoms with Crippen molar-refractivity contribution in [3.8, 4) is 0 Å². The van der Waals surface area contributed by atoms with Crippen molar-refractivity contribution in [1.29, 1.82) is 0 Å². The summed E-state index contributed by atoms with van der Waals surface area (Å²) in [5.41, 5.74) is 0.407. The Balaban J connectivity index is 2.62. The van der Waals surface area contributed by atoms with E-state index in [2.05, 4.69) is 11.6 Å². The number of ketones is 1. The number of Topliss-reactive ketones (excluding diaryl/α,β-unsaturated/α-hetero) is 1. The molecular weight excluding hydrogens is 254 g/mol. The molecule has 108 valence electrons. The lowest BCUT2D eigenvalue weighted by Gasteiger charge is -2.25. The van der Waals surface area contributed by atoms with Gasteiger partial charge in [0.15, 0.2) is 0 Å². The Bertz CT molecular complexity index is 506. The lowest BCUT2D eigenvalue weighted by molar-refractivity contribution is -0.119. The summed E-state index contributed by atoms with van der Waals surface area (Å²) in [4.78, 5) is 27.6. The van der Waals surface area contributed by atoms with Crippen LogP contribution in [-0.2, 0) is 9.53 Å². The molecule has 0 atom stereocenters. The van der Waals surface area contributed by atoms with Gasteiger partial charge in [0.2, 0.25) is 0 Å². The number of aryl methyl sites for hydroxylation is 1. The molecule has 0 saturated heterocycles. The predicted molar refractivity (Wildman–Crippen MR) is 77.5 cm³/mol. The molecule has 4 nitrogen and oxygen atoms in total. The minimum atomic E-state index is -0.684. The van der Waals surface area contributed by atoms with Gasteiger partial charge >= 0.3 is 5.97 Å². The number of ether oxygens (including phenoxy) is 1. The normalized spacial score (nSPS) is 10.9. The van der Waals surface area contributed by atoms with Crippen molar-refractivity contribution in [1.82, 2.24) is 4.98 Å². The van der Waals surface area contributed by atoms with Crippen LogP contribution in [0.3, 0.4) is 0 Å². The average Bonchev–Trinajstić information content (AvgIpc) is 2.37. The van der Waals surface area contributed by atoms with E-state index in [4.69, 9.17) is 4.74 Å². The summed E-state index contributed by atoms with van der Waals surface area (Å²) in [5, 5.41) is 0. The number of hydrogen-bond acceptors (Lipinski definition) is 4. The van der Waals surface area contributed by atoms with Crippen LogP contribution in [0.5, 0.6) is 0 Å². The molecule has 1 rings (SSSR count). The van der Waals surface area contributed by atoms with Gasteiger partial charge in [0.05, 0.1) is 11.3 Å². The zero-order valence-electron chi connectivity index (χ0n) is 12.3. The van der Waals surface area contributed by atoms with Crippen LogP contribution in [0.25, 0.3) is 0 Å². The van der Waals surface area contributed by atoms with E-state index >= 15 is 0 Å². The van der Waals surface area contributed by atoms with E-state index in [9.17, 15) is 9.59 Å². The van der Waals surface area contributed by atoms with Gasteiger partial charge in [-0.2, -0.15) is 0 Å². The van der Waals surface area contributed by atoms with E-state index in [-0.39, 0.29) is 5.78 Å². The SMILES string of the molecule is C=CCC(=O)CCC(C)(C)OC(=O)c1cccnc1C. The van der Waals surface area contributed by atoms with Crippen LogP contribution in [0.1, 0.15) is 49.2 Å². The van der Waals surface area contributed by atoms with E-state index < -0.39 is 11.6 Å². The highest BCUT2D eigenvalue weighted by molar-refractivity contribution is 5.90. The molecule has 0 unspecified atom stereocenters. The van der Waals surface area contributed by atoms with Gasteiger partial charge in [0.1, 0.15) is 11.4 Å². The first-order valence-electron chi connectivity index (χ1n) is 6.63. The van der Waals surface area contributed by atoms with Gasteiger partial charge in [-0.1, -0.05) is 6.08 Å². The maximum atomic E-state index is 12.1. The number of carbonyl (C=O) groups excluding carboxylic acids is 2. The van der Waals surface area contributed by atoms with E-state index in [0.717, 1.165) is 0 Å². The number of aromatic nitrogens is 1. The number of rotatable bonds is 7. The van der Waals surface area contributed by atoms with E-state index in [1.54, 1.807) is 45.2 Å². The van der Waals surface area contributed by atoms with Crippen molar-refractivity contribution >= 4 is 11.8 Å². The predicted octanol–water partition coefficient (Wildman–Crippen LogP) is 3.25. The molecule has 0 aliphatic carbocycles. The summed E-state index contributed by atoms with van der Waals surface area (Å²) in [6.07, 6.45) is 4.43. The lowest BCUT2D eigenvalue weighted by Crippen LogP contribution is -2.29. The third-order valence-electron chi connectivity index (χ3n) is 2.97. The molecular formula is C16H21NO3. The zero-order chi connectivity index (χ0) is 15.2. The van der Waals surface area contributed by atoms with Crippen LogP contribution < -0.4 is 0 Å². The molecule has 0 radical (unpaired) electrons. The van der Waals surface area contributed by atoms with E-state index in [0.29, 0.717) is 30.5 Å². The van der Waals surface area contributed by atoms with Crippen LogP contribution in [0, 0.1) is 6.92 Å². The molecule has 0 fully saturated rings. The van der Waals surface area contributed by atoms with Crippen LogP contribution in [-0.4, -0.2) is 22.3 Å². The van der Waals surface area contributed by atoms with Crippen LogP contribution in [0.4, 0.5) is 0 Å². The molecule has 1 aromatic rings. The Labute approximate surface area is 119 Å². The topological polar surface area (TPSA) is 56.3 Å². The fraction of sp³-hybridized carbons (Fsp3) is 0.438. The second-order valence-electron chi connectivity index (χ2n) is 5.32. The molecule has 0 aromatic carbocycles. The molecule has 1 aromatic heterocycles. The molecule has 1 heterocycles. The highest BCUT2D eigenvalue weighted by Crippen LogP contribution is 2.20. The van der Waals surface area contributed by atoms with Gasteiger partial charge in [-0.25, -0.2) is 4.79 Å². The summed E-state index contributed by atoms with van der Waals surface area (Å²) in [7, 11) is 0. The second-order valence-corrected chi connectivity index (χ2v) is 5.32. The third kappa shape index (κ3) is 4.96. The standard InChI is InChI=1S/C16H21NO3/c1-5-7-13(18)9-10-16(3,4)20-15(19)14-8-6-11-17-12(14)2/h5-6,8,11H,1,7,9-10H2,2-4H3. The Kier molecular flexibility index (Phi) is 5.62. The fourth-order valence-electron chi connectivity index (χ4n) is 1.76. The van der Waals surface area contributed by atoms with Crippen LogP contribution in [0.2, 0.25) is 0 Å². The number of pyridine rings is 1. The zero-order valence-corrected chi connectivity index (χ0v) is 12.3. The number of nitrogens with zero attached hydrogens (tertiary/aromatic N) is 1. The molecule has 0 bridgehead atoms. The fourth-order valence-corrected chi connectivity index (χ4v) is 1.76. The summed E-state index contributed by atoms with van der Waals surface area (Å²) < 4.78 is 5.48. The van der Waals surface area contributed by atoms with E-state index in [1.807, 2.05) is 0 Å². The maximum absolute atomic E-state index is 12.1. The minimum absolute atomic E-state index is 0.0988. The Morgan fingerprint density at radius 2 is 2.15 bits per heavy atom. The lowest BCUT2D eigenvalue weighted by atomic mass is 9.99. The van der Waals surface area contributed by atoms with Crippen molar-refractivity contribution in [2.75, 3.05) is 0 Å². The smallest absolute Gasteiger partial charge is 0.340 e. The van der Waals surface area contributed by atoms with Gasteiger partial charge in [-0.3, -0.25) is 9.78 Å². The van der Waals surface area contributed by atoms with Crippen molar-refractivity contribution in [2.24, 2.45) is 0 Å². The van der Waals surface area contributed by atoms with E-state index in [1.165, 1.54) is 0 Å². The van der Waals surface area contributed by atoms with Crippen LogP contribution >= 0.6 is 0 Å². The highest BCUT2D eigenvalue weighted by Gasteiger charge is 2.25. The molecule has 0 aliphatic rings. The van der Waals surface area contributed by atoms with Crippen LogP contribution in [0.15, 0.2) is 31.0 Å². The molecule has 0 N–H and O–H groups in total. The monoisotopic (exact) mass is 275 g/mol. The first kappa shape index (κ1) is 16.1. The van der Waals surface area contributed by atoms with Crippen molar-refractivity contribution in [2.45, 2.75) is 45.6 Å². The number of hydrogen-bond donors (Lipinski definition) is 0. The largest absolute Gasteiger partial charge is 0.456 e. The molecule has 20 heavy (non-hydrogen) atoms. The van der Waals surface area contributed by atoms with Gasteiger partial charge in [-0.05, 0) is 39.3 Å². The summed E-state index contributed by atoms with van der Waals surface area (Å²) in [5.74, 6) is -0.307. The third-order valence-corrected chi connectivity index (χ3v) is 2.97. The van der Waals surface area contributed by atoms with Crippen molar-refractivity contribution < 1.29 is 14.3 Å². The Morgan fingerprint density at radius 1 is 1.45 bits per heavy atom. The summed E-state index contributed by atoms with van der Waals surface area (Å²) >= 11 is 0. The number of carbonyl (C=O) groups is 2. The van der Waals surface area contributed by atoms with Crippen molar-refractivity contribution in [3.05, 3.63) is 42.2 Å². The molecule has 0 amide bonds.